The number of nitrogens with one attached hydrogen (secondary N) is 2. The predicted octanol–water partition coefficient (Wildman–Crippen LogP) is -0.205. The molecule has 0 bridgehead atoms. The van der Waals surface area contributed by atoms with Crippen LogP contribution < -0.4 is 16.4 Å². The van der Waals surface area contributed by atoms with Crippen molar-refractivity contribution in [3.8, 4) is 0 Å². The second-order valence-electron chi connectivity index (χ2n) is 3.40. The maximum absolute atomic E-state index is 10.3. The molecule has 0 aliphatic heterocycles. The SMILES string of the molecule is CCC(O)(CC)CNCCNC(N)=O. The average Bonchev–Trinajstić information content (AvgIpc) is 2.16. The van der Waals surface area contributed by atoms with Gasteiger partial charge in [-0.1, -0.05) is 13.8 Å². The van der Waals surface area contributed by atoms with Crippen LogP contribution in [0, 0.1) is 0 Å². The van der Waals surface area contributed by atoms with E-state index in [1.54, 1.807) is 0 Å². The molecule has 14 heavy (non-hydrogen) atoms. The number of amides is 2. The molecule has 0 saturated carbocycles. The van der Waals surface area contributed by atoms with E-state index in [9.17, 15) is 9.90 Å². The van der Waals surface area contributed by atoms with Gasteiger partial charge in [-0.3, -0.25) is 0 Å². The average molecular weight is 203 g/mol. The molecule has 84 valence electrons. The van der Waals surface area contributed by atoms with Crippen molar-refractivity contribution in [1.82, 2.24) is 10.6 Å². The molecule has 0 aliphatic rings. The van der Waals surface area contributed by atoms with Gasteiger partial charge in [-0.15, -0.1) is 0 Å². The minimum atomic E-state index is -0.632. The zero-order valence-corrected chi connectivity index (χ0v) is 8.97. The highest BCUT2D eigenvalue weighted by atomic mass is 16.3. The van der Waals surface area contributed by atoms with Crippen molar-refractivity contribution in [3.63, 3.8) is 0 Å². The number of carbonyl (C=O) groups is 1. The van der Waals surface area contributed by atoms with Gasteiger partial charge in [0.2, 0.25) is 0 Å². The summed E-state index contributed by atoms with van der Waals surface area (Å²) in [7, 11) is 0. The Kier molecular flexibility index (Phi) is 6.23. The van der Waals surface area contributed by atoms with Crippen molar-refractivity contribution in [2.45, 2.75) is 32.3 Å². The van der Waals surface area contributed by atoms with Gasteiger partial charge in [0.25, 0.3) is 0 Å². The molecule has 5 nitrogen and oxygen atoms in total. The van der Waals surface area contributed by atoms with Gasteiger partial charge in [0.1, 0.15) is 0 Å². The second kappa shape index (κ2) is 6.62. The number of urea groups is 1. The van der Waals surface area contributed by atoms with E-state index in [4.69, 9.17) is 5.73 Å². The normalized spacial score (nSPS) is 11.4. The van der Waals surface area contributed by atoms with Gasteiger partial charge in [0, 0.05) is 19.6 Å². The molecule has 0 aromatic rings. The van der Waals surface area contributed by atoms with E-state index in [0.29, 0.717) is 19.6 Å². The lowest BCUT2D eigenvalue weighted by molar-refractivity contribution is 0.0329. The summed E-state index contributed by atoms with van der Waals surface area (Å²) >= 11 is 0. The molecule has 0 aromatic heterocycles. The Bertz CT molecular complexity index is 169. The lowest BCUT2D eigenvalue weighted by Crippen LogP contribution is -2.42. The fraction of sp³-hybridized carbons (Fsp3) is 0.889. The second-order valence-corrected chi connectivity index (χ2v) is 3.40. The summed E-state index contributed by atoms with van der Waals surface area (Å²) in [6.07, 6.45) is 1.44. The quantitative estimate of drug-likeness (QED) is 0.432. The highest BCUT2D eigenvalue weighted by Gasteiger charge is 2.20. The Balaban J connectivity index is 3.47. The van der Waals surface area contributed by atoms with Crippen molar-refractivity contribution in [1.29, 1.82) is 0 Å². The topological polar surface area (TPSA) is 87.4 Å². The van der Waals surface area contributed by atoms with Crippen LogP contribution in [0.2, 0.25) is 0 Å². The van der Waals surface area contributed by atoms with E-state index in [2.05, 4.69) is 10.6 Å². The minimum Gasteiger partial charge on any atom is -0.389 e. The van der Waals surface area contributed by atoms with Crippen LogP contribution in [0.4, 0.5) is 4.79 Å². The van der Waals surface area contributed by atoms with Crippen LogP contribution >= 0.6 is 0 Å². The van der Waals surface area contributed by atoms with Gasteiger partial charge in [0.15, 0.2) is 0 Å². The van der Waals surface area contributed by atoms with E-state index < -0.39 is 11.6 Å². The van der Waals surface area contributed by atoms with Crippen molar-refractivity contribution in [2.75, 3.05) is 19.6 Å². The van der Waals surface area contributed by atoms with Crippen molar-refractivity contribution >= 4 is 6.03 Å². The zero-order valence-electron chi connectivity index (χ0n) is 8.97. The van der Waals surface area contributed by atoms with E-state index >= 15 is 0 Å². The lowest BCUT2D eigenvalue weighted by atomic mass is 9.98. The molecular weight excluding hydrogens is 182 g/mol. The zero-order chi connectivity index (χ0) is 11.0. The molecule has 0 rings (SSSR count). The van der Waals surface area contributed by atoms with Crippen molar-refractivity contribution in [2.24, 2.45) is 5.73 Å². The molecule has 0 aromatic carbocycles. The molecule has 5 heteroatoms. The Morgan fingerprint density at radius 3 is 2.36 bits per heavy atom. The van der Waals surface area contributed by atoms with Crippen LogP contribution in [0.3, 0.4) is 0 Å². The van der Waals surface area contributed by atoms with Crippen LogP contribution in [-0.4, -0.2) is 36.4 Å². The maximum Gasteiger partial charge on any atom is 0.312 e. The van der Waals surface area contributed by atoms with Crippen LogP contribution in [0.25, 0.3) is 0 Å². The predicted molar refractivity (Wildman–Crippen MR) is 56.0 cm³/mol. The van der Waals surface area contributed by atoms with E-state index in [-0.39, 0.29) is 0 Å². The van der Waals surface area contributed by atoms with Crippen molar-refractivity contribution in [3.05, 3.63) is 0 Å². The molecule has 2 amide bonds. The van der Waals surface area contributed by atoms with Crippen molar-refractivity contribution < 1.29 is 9.90 Å². The summed E-state index contributed by atoms with van der Waals surface area (Å²) in [6, 6.07) is -0.520. The van der Waals surface area contributed by atoms with Crippen LogP contribution in [-0.2, 0) is 0 Å². The molecular formula is C9H21N3O2. The standard InChI is InChI=1S/C9H21N3O2/c1-3-9(14,4-2)7-11-5-6-12-8(10)13/h11,14H,3-7H2,1-2H3,(H3,10,12,13). The summed E-state index contributed by atoms with van der Waals surface area (Å²) in [5.74, 6) is 0. The third kappa shape index (κ3) is 5.77. The molecule has 0 unspecified atom stereocenters. The summed E-state index contributed by atoms with van der Waals surface area (Å²) in [4.78, 5) is 10.3. The number of carbonyl (C=O) groups excluding carboxylic acids is 1. The molecule has 0 fully saturated rings. The Morgan fingerprint density at radius 1 is 1.36 bits per heavy atom. The molecule has 0 spiro atoms. The van der Waals surface area contributed by atoms with Gasteiger partial charge in [-0.2, -0.15) is 0 Å². The Morgan fingerprint density at radius 2 is 1.93 bits per heavy atom. The molecule has 5 N–H and O–H groups in total. The monoisotopic (exact) mass is 203 g/mol. The molecule has 0 radical (unpaired) electrons. The van der Waals surface area contributed by atoms with Gasteiger partial charge in [-0.05, 0) is 12.8 Å². The lowest BCUT2D eigenvalue weighted by Gasteiger charge is -2.25. The number of aliphatic hydroxyl groups is 1. The van der Waals surface area contributed by atoms with Gasteiger partial charge in [-0.25, -0.2) is 4.79 Å². The third-order valence-electron chi connectivity index (χ3n) is 2.37. The molecule has 0 atom stereocenters. The molecule has 0 aliphatic carbocycles. The first-order valence-electron chi connectivity index (χ1n) is 5.00. The van der Waals surface area contributed by atoms with Gasteiger partial charge < -0.3 is 21.5 Å². The first kappa shape index (κ1) is 13.2. The first-order chi connectivity index (χ1) is 6.54. The number of nitrogens with two attached hydrogens (primary N) is 1. The molecule has 0 saturated heterocycles. The fourth-order valence-corrected chi connectivity index (χ4v) is 1.10. The van der Waals surface area contributed by atoms with Gasteiger partial charge in [0.05, 0.1) is 5.60 Å². The minimum absolute atomic E-state index is 0.485. The van der Waals surface area contributed by atoms with E-state index in [1.807, 2.05) is 13.8 Å². The van der Waals surface area contributed by atoms with Crippen LogP contribution in [0.15, 0.2) is 0 Å². The fourth-order valence-electron chi connectivity index (χ4n) is 1.10. The van der Waals surface area contributed by atoms with Crippen LogP contribution in [0.1, 0.15) is 26.7 Å². The number of rotatable bonds is 7. The smallest absolute Gasteiger partial charge is 0.312 e. The van der Waals surface area contributed by atoms with E-state index in [0.717, 1.165) is 12.8 Å². The third-order valence-corrected chi connectivity index (χ3v) is 2.37. The number of primary amides is 1. The largest absolute Gasteiger partial charge is 0.389 e. The number of hydrogen-bond acceptors (Lipinski definition) is 3. The first-order valence-corrected chi connectivity index (χ1v) is 5.00. The summed E-state index contributed by atoms with van der Waals surface area (Å²) in [6.45, 7) is 5.55. The Hall–Kier alpha value is -0.810. The summed E-state index contributed by atoms with van der Waals surface area (Å²) < 4.78 is 0. The summed E-state index contributed by atoms with van der Waals surface area (Å²) in [5, 5.41) is 15.4. The Labute approximate surface area is 85.1 Å². The number of hydrogen-bond donors (Lipinski definition) is 4. The van der Waals surface area contributed by atoms with Crippen LogP contribution in [0.5, 0.6) is 0 Å². The highest BCUT2D eigenvalue weighted by molar-refractivity contribution is 5.71. The van der Waals surface area contributed by atoms with Gasteiger partial charge >= 0.3 is 6.03 Å². The maximum atomic E-state index is 10.3. The molecule has 0 heterocycles. The summed E-state index contributed by atoms with van der Waals surface area (Å²) in [5.41, 5.74) is 4.25. The highest BCUT2D eigenvalue weighted by Crippen LogP contribution is 2.12. The van der Waals surface area contributed by atoms with E-state index in [1.165, 1.54) is 0 Å².